The molecule has 0 fully saturated rings. The maximum Gasteiger partial charge on any atom is 0.0883 e. The molecule has 0 aliphatic carbocycles. The molecule has 1 atom stereocenters. The van der Waals surface area contributed by atoms with Gasteiger partial charge in [0.1, 0.15) is 0 Å². The molecule has 2 aromatic heterocycles. The second-order valence-electron chi connectivity index (χ2n) is 6.04. The van der Waals surface area contributed by atoms with Crippen LogP contribution in [0.25, 0.3) is 10.9 Å². The maximum absolute atomic E-state index is 5.36. The largest absolute Gasteiger partial charge is 0.382 e. The number of ether oxygens (including phenoxy) is 1. The summed E-state index contributed by atoms with van der Waals surface area (Å²) in [7, 11) is 1.74. The van der Waals surface area contributed by atoms with Crippen LogP contribution >= 0.6 is 0 Å². The third kappa shape index (κ3) is 2.85. The smallest absolute Gasteiger partial charge is 0.0883 e. The molecule has 1 aromatic carbocycles. The molecule has 0 unspecified atom stereocenters. The van der Waals surface area contributed by atoms with Gasteiger partial charge in [-0.25, -0.2) is 0 Å². The fraction of sp³-hybridized carbons (Fsp3) is 0.333. The van der Waals surface area contributed by atoms with Crippen molar-refractivity contribution < 1.29 is 4.74 Å². The molecular formula is C18H20N4O. The average molecular weight is 308 g/mol. The van der Waals surface area contributed by atoms with Gasteiger partial charge in [-0.15, -0.1) is 0 Å². The zero-order chi connectivity index (χ0) is 15.6. The first-order chi connectivity index (χ1) is 11.3. The van der Waals surface area contributed by atoms with E-state index >= 15 is 0 Å². The second-order valence-corrected chi connectivity index (χ2v) is 6.04. The Morgan fingerprint density at radius 1 is 1.17 bits per heavy atom. The highest BCUT2D eigenvalue weighted by Crippen LogP contribution is 2.22. The summed E-state index contributed by atoms with van der Waals surface area (Å²) in [6.45, 7) is 3.35. The van der Waals surface area contributed by atoms with Crippen molar-refractivity contribution in [3.63, 3.8) is 0 Å². The van der Waals surface area contributed by atoms with Crippen LogP contribution in [-0.4, -0.2) is 39.9 Å². The van der Waals surface area contributed by atoms with Gasteiger partial charge in [-0.3, -0.25) is 14.6 Å². The highest BCUT2D eigenvalue weighted by atomic mass is 16.5. The molecule has 118 valence electrons. The molecule has 5 nitrogen and oxygen atoms in total. The number of pyridine rings is 1. The Morgan fingerprint density at radius 3 is 3.00 bits per heavy atom. The third-order valence-corrected chi connectivity index (χ3v) is 4.35. The average Bonchev–Trinajstić information content (AvgIpc) is 3.04. The highest BCUT2D eigenvalue weighted by Gasteiger charge is 2.25. The summed E-state index contributed by atoms with van der Waals surface area (Å²) in [4.78, 5) is 7.20. The van der Waals surface area contributed by atoms with Crippen LogP contribution in [0.1, 0.15) is 17.4 Å². The van der Waals surface area contributed by atoms with Crippen LogP contribution in [0.15, 0.2) is 48.7 Å². The van der Waals surface area contributed by atoms with Gasteiger partial charge >= 0.3 is 0 Å². The van der Waals surface area contributed by atoms with Gasteiger partial charge in [0.25, 0.3) is 0 Å². The number of benzene rings is 1. The summed E-state index contributed by atoms with van der Waals surface area (Å²) in [5, 5.41) is 5.62. The molecule has 5 heteroatoms. The number of para-hydroxylation sites is 1. The van der Waals surface area contributed by atoms with E-state index in [-0.39, 0.29) is 6.04 Å². The lowest BCUT2D eigenvalue weighted by molar-refractivity contribution is 0.0902. The molecule has 1 aliphatic rings. The molecule has 0 radical (unpaired) electrons. The first-order valence-corrected chi connectivity index (χ1v) is 7.92. The summed E-state index contributed by atoms with van der Waals surface area (Å²) in [5.41, 5.74) is 3.40. The molecule has 0 amide bonds. The van der Waals surface area contributed by atoms with Crippen LogP contribution in [0, 0.1) is 0 Å². The Bertz CT molecular complexity index is 813. The van der Waals surface area contributed by atoms with E-state index in [9.17, 15) is 0 Å². The van der Waals surface area contributed by atoms with Gasteiger partial charge in [0.05, 0.1) is 29.6 Å². The zero-order valence-corrected chi connectivity index (χ0v) is 13.2. The fourth-order valence-electron chi connectivity index (χ4n) is 3.33. The minimum absolute atomic E-state index is 0.263. The summed E-state index contributed by atoms with van der Waals surface area (Å²) in [6.07, 6.45) is 1.87. The molecular weight excluding hydrogens is 288 g/mol. The molecule has 0 saturated carbocycles. The number of fused-ring (bicyclic) bond motifs is 2. The number of aromatic nitrogens is 3. The number of hydrogen-bond donors (Lipinski definition) is 0. The van der Waals surface area contributed by atoms with E-state index in [1.165, 1.54) is 11.1 Å². The summed E-state index contributed by atoms with van der Waals surface area (Å²) in [6, 6.07) is 14.9. The normalized spacial score (nSPS) is 18.2. The molecule has 0 N–H and O–H groups in total. The lowest BCUT2D eigenvalue weighted by Crippen LogP contribution is -2.39. The minimum Gasteiger partial charge on any atom is -0.382 e. The van der Waals surface area contributed by atoms with Crippen molar-refractivity contribution >= 4 is 10.9 Å². The van der Waals surface area contributed by atoms with Gasteiger partial charge in [0.15, 0.2) is 0 Å². The van der Waals surface area contributed by atoms with Crippen LogP contribution in [-0.2, 0) is 17.8 Å². The fourth-order valence-corrected chi connectivity index (χ4v) is 3.33. The van der Waals surface area contributed by atoms with Gasteiger partial charge in [-0.2, -0.15) is 5.10 Å². The van der Waals surface area contributed by atoms with E-state index < -0.39 is 0 Å². The van der Waals surface area contributed by atoms with Crippen molar-refractivity contribution in [3.8, 4) is 0 Å². The van der Waals surface area contributed by atoms with E-state index in [2.05, 4.69) is 45.0 Å². The predicted molar refractivity (Wildman–Crippen MR) is 89.0 cm³/mol. The van der Waals surface area contributed by atoms with Crippen molar-refractivity contribution in [2.24, 2.45) is 0 Å². The molecule has 1 aliphatic heterocycles. The number of methoxy groups -OCH3 is 1. The van der Waals surface area contributed by atoms with E-state index in [4.69, 9.17) is 9.72 Å². The lowest BCUT2D eigenvalue weighted by Gasteiger charge is -2.33. The SMILES string of the molecule is COC[C@@H]1CN(Cc2ccc3ccccc3n2)Cc2ccnn21. The van der Waals surface area contributed by atoms with Crippen LogP contribution in [0.2, 0.25) is 0 Å². The van der Waals surface area contributed by atoms with Gasteiger partial charge in [-0.05, 0) is 18.2 Å². The highest BCUT2D eigenvalue weighted by molar-refractivity contribution is 5.78. The predicted octanol–water partition coefficient (Wildman–Crippen LogP) is 2.63. The third-order valence-electron chi connectivity index (χ3n) is 4.35. The van der Waals surface area contributed by atoms with Crippen molar-refractivity contribution in [2.45, 2.75) is 19.1 Å². The lowest BCUT2D eigenvalue weighted by atomic mass is 10.1. The second kappa shape index (κ2) is 6.10. The summed E-state index contributed by atoms with van der Waals surface area (Å²) in [5.74, 6) is 0. The monoisotopic (exact) mass is 308 g/mol. The Balaban J connectivity index is 1.56. The molecule has 3 aromatic rings. The number of hydrogen-bond acceptors (Lipinski definition) is 4. The standard InChI is InChI=1S/C18H20N4O/c1-23-13-17-12-21(11-16-8-9-19-22(16)17)10-15-7-6-14-4-2-3-5-18(14)20-15/h2-9,17H,10-13H2,1H3/t17-/m0/s1. The summed E-state index contributed by atoms with van der Waals surface area (Å²) >= 11 is 0. The molecule has 0 saturated heterocycles. The summed E-state index contributed by atoms with van der Waals surface area (Å²) < 4.78 is 7.45. The van der Waals surface area contributed by atoms with Gasteiger partial charge in [0, 0.05) is 38.3 Å². The van der Waals surface area contributed by atoms with E-state index in [1.54, 1.807) is 7.11 Å². The minimum atomic E-state index is 0.263. The van der Waals surface area contributed by atoms with Crippen molar-refractivity contribution in [3.05, 3.63) is 60.0 Å². The Morgan fingerprint density at radius 2 is 2.09 bits per heavy atom. The Labute approximate surface area is 135 Å². The van der Waals surface area contributed by atoms with E-state index in [0.29, 0.717) is 6.61 Å². The van der Waals surface area contributed by atoms with Crippen molar-refractivity contribution in [1.82, 2.24) is 19.7 Å². The van der Waals surface area contributed by atoms with Gasteiger partial charge in [0.2, 0.25) is 0 Å². The van der Waals surface area contributed by atoms with Crippen molar-refractivity contribution in [1.29, 1.82) is 0 Å². The zero-order valence-electron chi connectivity index (χ0n) is 13.2. The first-order valence-electron chi connectivity index (χ1n) is 7.92. The maximum atomic E-state index is 5.36. The molecule has 0 bridgehead atoms. The van der Waals surface area contributed by atoms with E-state index in [1.807, 2.05) is 18.3 Å². The molecule has 0 spiro atoms. The Kier molecular flexibility index (Phi) is 3.81. The molecule has 23 heavy (non-hydrogen) atoms. The van der Waals surface area contributed by atoms with Crippen LogP contribution in [0.3, 0.4) is 0 Å². The number of rotatable bonds is 4. The quantitative estimate of drug-likeness (QED) is 0.743. The van der Waals surface area contributed by atoms with Gasteiger partial charge < -0.3 is 4.74 Å². The molecule has 4 rings (SSSR count). The Hall–Kier alpha value is -2.24. The van der Waals surface area contributed by atoms with Crippen LogP contribution in [0.4, 0.5) is 0 Å². The van der Waals surface area contributed by atoms with Crippen LogP contribution < -0.4 is 0 Å². The number of nitrogens with zero attached hydrogens (tertiary/aromatic N) is 4. The first kappa shape index (κ1) is 14.4. The topological polar surface area (TPSA) is 43.2 Å². The van der Waals surface area contributed by atoms with Gasteiger partial charge in [-0.1, -0.05) is 24.3 Å². The van der Waals surface area contributed by atoms with Crippen LogP contribution in [0.5, 0.6) is 0 Å². The van der Waals surface area contributed by atoms with Crippen molar-refractivity contribution in [2.75, 3.05) is 20.3 Å². The molecule has 3 heterocycles. The van der Waals surface area contributed by atoms with E-state index in [0.717, 1.165) is 30.8 Å².